The fourth-order valence-corrected chi connectivity index (χ4v) is 3.76. The monoisotopic (exact) mass is 314 g/mol. The second-order valence-electron chi connectivity index (χ2n) is 5.06. The highest BCUT2D eigenvalue weighted by Gasteiger charge is 2.42. The molecule has 0 spiro atoms. The van der Waals surface area contributed by atoms with Crippen LogP contribution in [0.5, 0.6) is 0 Å². The quantitative estimate of drug-likeness (QED) is 0.601. The third-order valence-electron chi connectivity index (χ3n) is 3.51. The van der Waals surface area contributed by atoms with Crippen molar-refractivity contribution in [3.05, 3.63) is 34.4 Å². The van der Waals surface area contributed by atoms with Gasteiger partial charge < -0.3 is 5.11 Å². The number of rotatable bonds is 6. The first-order chi connectivity index (χ1) is 9.74. The third kappa shape index (κ3) is 3.37. The Morgan fingerprint density at radius 1 is 1.33 bits per heavy atom. The number of carboxylic acids is 1. The Kier molecular flexibility index (Phi) is 3.97. The van der Waals surface area contributed by atoms with E-state index in [1.807, 2.05) is 0 Å². The highest BCUT2D eigenvalue weighted by molar-refractivity contribution is 7.89. The average Bonchev–Trinajstić information content (AvgIpc) is 2.35. The number of nitrogens with one attached hydrogen (secondary N) is 1. The minimum Gasteiger partial charge on any atom is -0.481 e. The van der Waals surface area contributed by atoms with Crippen LogP contribution >= 0.6 is 0 Å². The van der Waals surface area contributed by atoms with Crippen LogP contribution in [0.25, 0.3) is 0 Å². The minimum absolute atomic E-state index is 0.121. The largest absolute Gasteiger partial charge is 0.481 e. The molecule has 2 N–H and O–H groups in total. The molecule has 0 unspecified atom stereocenters. The zero-order valence-corrected chi connectivity index (χ0v) is 11.8. The van der Waals surface area contributed by atoms with Gasteiger partial charge >= 0.3 is 5.97 Å². The highest BCUT2D eigenvalue weighted by atomic mass is 32.2. The van der Waals surface area contributed by atoms with Crippen LogP contribution in [0.4, 0.5) is 5.69 Å². The van der Waals surface area contributed by atoms with Crippen molar-refractivity contribution in [3.63, 3.8) is 0 Å². The summed E-state index contributed by atoms with van der Waals surface area (Å²) >= 11 is 0. The Bertz CT molecular complexity index is 663. The molecule has 0 aromatic heterocycles. The van der Waals surface area contributed by atoms with Crippen molar-refractivity contribution in [2.45, 2.75) is 36.1 Å². The summed E-state index contributed by atoms with van der Waals surface area (Å²) < 4.78 is 26.9. The Morgan fingerprint density at radius 2 is 1.90 bits per heavy atom. The molecule has 0 heterocycles. The molecular formula is C12H14N2O6S. The summed E-state index contributed by atoms with van der Waals surface area (Å²) in [7, 11) is -3.90. The minimum atomic E-state index is -3.90. The summed E-state index contributed by atoms with van der Waals surface area (Å²) in [6.45, 7) is 0. The van der Waals surface area contributed by atoms with E-state index < -0.39 is 26.5 Å². The van der Waals surface area contributed by atoms with E-state index in [4.69, 9.17) is 5.11 Å². The molecule has 0 saturated heterocycles. The second-order valence-corrected chi connectivity index (χ2v) is 6.74. The summed E-state index contributed by atoms with van der Waals surface area (Å²) in [6.07, 6.45) is 1.41. The smallest absolute Gasteiger partial charge is 0.305 e. The fourth-order valence-electron chi connectivity index (χ4n) is 2.30. The highest BCUT2D eigenvalue weighted by Crippen LogP contribution is 2.36. The van der Waals surface area contributed by atoms with E-state index in [-0.39, 0.29) is 17.0 Å². The van der Waals surface area contributed by atoms with E-state index >= 15 is 0 Å². The van der Waals surface area contributed by atoms with Crippen LogP contribution in [-0.2, 0) is 14.8 Å². The number of nitro benzene ring substituents is 1. The van der Waals surface area contributed by atoms with Crippen molar-refractivity contribution < 1.29 is 23.2 Å². The number of nitrogens with zero attached hydrogens (tertiary/aromatic N) is 1. The van der Waals surface area contributed by atoms with Crippen LogP contribution in [0.2, 0.25) is 0 Å². The Labute approximate surface area is 121 Å². The van der Waals surface area contributed by atoms with E-state index in [1.165, 1.54) is 0 Å². The number of nitro groups is 1. The van der Waals surface area contributed by atoms with Crippen molar-refractivity contribution in [2.75, 3.05) is 0 Å². The molecule has 8 nitrogen and oxygen atoms in total. The first-order valence-corrected chi connectivity index (χ1v) is 7.73. The van der Waals surface area contributed by atoms with Crippen molar-refractivity contribution >= 4 is 21.7 Å². The fraction of sp³-hybridized carbons (Fsp3) is 0.417. The van der Waals surface area contributed by atoms with E-state index in [0.717, 1.165) is 30.7 Å². The number of carboxylic acid groups (broad SMARTS) is 1. The topological polar surface area (TPSA) is 127 Å². The van der Waals surface area contributed by atoms with Gasteiger partial charge in [0.25, 0.3) is 5.69 Å². The molecule has 9 heteroatoms. The lowest BCUT2D eigenvalue weighted by atomic mass is 9.75. The van der Waals surface area contributed by atoms with Gasteiger partial charge in [0.15, 0.2) is 0 Å². The molecule has 1 fully saturated rings. The number of carbonyl (C=O) groups is 1. The molecule has 0 aliphatic heterocycles. The number of sulfonamides is 1. The maximum Gasteiger partial charge on any atom is 0.305 e. The molecule has 114 valence electrons. The third-order valence-corrected chi connectivity index (χ3v) is 5.10. The number of non-ortho nitro benzene ring substituents is 1. The maximum atomic E-state index is 12.2. The number of hydrogen-bond acceptors (Lipinski definition) is 5. The molecule has 2 rings (SSSR count). The average molecular weight is 314 g/mol. The van der Waals surface area contributed by atoms with Crippen molar-refractivity contribution in [1.82, 2.24) is 4.72 Å². The molecule has 1 aromatic rings. The van der Waals surface area contributed by atoms with Crippen LogP contribution in [0.15, 0.2) is 29.2 Å². The summed E-state index contributed by atoms with van der Waals surface area (Å²) in [5, 5.41) is 19.4. The van der Waals surface area contributed by atoms with Crippen molar-refractivity contribution in [3.8, 4) is 0 Å². The lowest BCUT2D eigenvalue weighted by Gasteiger charge is -2.40. The first-order valence-electron chi connectivity index (χ1n) is 6.24. The molecule has 1 aromatic carbocycles. The molecule has 21 heavy (non-hydrogen) atoms. The number of benzene rings is 1. The Hall–Kier alpha value is -2.00. The van der Waals surface area contributed by atoms with Gasteiger partial charge in [-0.15, -0.1) is 0 Å². The zero-order valence-electron chi connectivity index (χ0n) is 11.0. The van der Waals surface area contributed by atoms with Crippen molar-refractivity contribution in [1.29, 1.82) is 0 Å². The van der Waals surface area contributed by atoms with Crippen LogP contribution in [0, 0.1) is 10.1 Å². The summed E-state index contributed by atoms with van der Waals surface area (Å²) in [4.78, 5) is 20.6. The van der Waals surface area contributed by atoms with Gasteiger partial charge in [0.1, 0.15) is 0 Å². The van der Waals surface area contributed by atoms with Crippen LogP contribution < -0.4 is 4.72 Å². The molecule has 1 saturated carbocycles. The van der Waals surface area contributed by atoms with Gasteiger partial charge in [0.2, 0.25) is 10.0 Å². The van der Waals surface area contributed by atoms with E-state index in [2.05, 4.69) is 4.72 Å². The predicted molar refractivity (Wildman–Crippen MR) is 72.3 cm³/mol. The second kappa shape index (κ2) is 5.41. The molecule has 1 aliphatic carbocycles. The molecule has 0 amide bonds. The predicted octanol–water partition coefficient (Wildman–Crippen LogP) is 1.27. The van der Waals surface area contributed by atoms with E-state index in [1.54, 1.807) is 0 Å². The number of hydrogen-bond donors (Lipinski definition) is 2. The molecule has 0 atom stereocenters. The molecular weight excluding hydrogens is 300 g/mol. The van der Waals surface area contributed by atoms with Crippen LogP contribution in [0.3, 0.4) is 0 Å². The van der Waals surface area contributed by atoms with Crippen LogP contribution in [-0.4, -0.2) is 30.0 Å². The van der Waals surface area contributed by atoms with Gasteiger partial charge in [-0.1, -0.05) is 0 Å². The maximum absolute atomic E-state index is 12.2. The molecule has 1 aliphatic rings. The van der Waals surface area contributed by atoms with Gasteiger partial charge in [-0.05, 0) is 31.4 Å². The number of aliphatic carboxylic acids is 1. The van der Waals surface area contributed by atoms with Gasteiger partial charge in [0.05, 0.1) is 16.2 Å². The Balaban J connectivity index is 2.21. The summed E-state index contributed by atoms with van der Waals surface area (Å²) in [5.41, 5.74) is -1.16. The standard InChI is InChI=1S/C12H14N2O6S/c15-11(16)8-12(6-1-7-12)13-21(19,20)10-4-2-9(3-5-10)14(17)18/h2-5,13H,1,6-8H2,(H,15,16). The lowest BCUT2D eigenvalue weighted by molar-refractivity contribution is -0.384. The normalized spacial score (nSPS) is 17.0. The summed E-state index contributed by atoms with van der Waals surface area (Å²) in [6, 6.07) is 4.46. The van der Waals surface area contributed by atoms with E-state index in [9.17, 15) is 23.3 Å². The van der Waals surface area contributed by atoms with Crippen LogP contribution in [0.1, 0.15) is 25.7 Å². The van der Waals surface area contributed by atoms with Gasteiger partial charge in [-0.25, -0.2) is 13.1 Å². The van der Waals surface area contributed by atoms with Gasteiger partial charge in [-0.2, -0.15) is 0 Å². The zero-order chi connectivity index (χ0) is 15.7. The van der Waals surface area contributed by atoms with Gasteiger partial charge in [0, 0.05) is 17.7 Å². The SMILES string of the molecule is O=C(O)CC1(NS(=O)(=O)c2ccc([N+](=O)[O-])cc2)CCC1. The summed E-state index contributed by atoms with van der Waals surface area (Å²) in [5.74, 6) is -1.07. The molecule has 0 bridgehead atoms. The lowest BCUT2D eigenvalue weighted by Crippen LogP contribution is -2.54. The first kappa shape index (κ1) is 15.4. The Morgan fingerprint density at radius 3 is 2.29 bits per heavy atom. The molecule has 0 radical (unpaired) electrons. The van der Waals surface area contributed by atoms with Crippen molar-refractivity contribution in [2.24, 2.45) is 0 Å². The van der Waals surface area contributed by atoms with Gasteiger partial charge in [-0.3, -0.25) is 14.9 Å². The van der Waals surface area contributed by atoms with E-state index in [0.29, 0.717) is 12.8 Å².